The van der Waals surface area contributed by atoms with Crippen LogP contribution in [0, 0.1) is 6.92 Å². The molecule has 0 aliphatic carbocycles. The van der Waals surface area contributed by atoms with Crippen LogP contribution in [0.2, 0.25) is 0 Å². The van der Waals surface area contributed by atoms with Crippen LogP contribution in [0.4, 0.5) is 5.82 Å². The molecule has 0 aromatic carbocycles. The molecule has 138 valence electrons. The van der Waals surface area contributed by atoms with Crippen LogP contribution in [0.1, 0.15) is 40.4 Å². The zero-order valence-corrected chi connectivity index (χ0v) is 15.1. The van der Waals surface area contributed by atoms with Crippen molar-refractivity contribution in [3.05, 3.63) is 41.1 Å². The lowest BCUT2D eigenvalue weighted by Gasteiger charge is -2.25. The maximum atomic E-state index is 12.7. The Bertz CT molecular complexity index is 768. The summed E-state index contributed by atoms with van der Waals surface area (Å²) in [6.45, 7) is 4.83. The highest BCUT2D eigenvalue weighted by Gasteiger charge is 2.25. The van der Waals surface area contributed by atoms with Gasteiger partial charge < -0.3 is 19.9 Å². The van der Waals surface area contributed by atoms with Crippen molar-refractivity contribution < 1.29 is 9.53 Å². The molecule has 0 bridgehead atoms. The minimum Gasteiger partial charge on any atom is -0.379 e. The molecule has 2 N–H and O–H groups in total. The Morgan fingerprint density at radius 3 is 3.00 bits per heavy atom. The normalized spacial score (nSPS) is 20.3. The van der Waals surface area contributed by atoms with E-state index in [4.69, 9.17) is 4.74 Å². The fourth-order valence-corrected chi connectivity index (χ4v) is 3.73. The van der Waals surface area contributed by atoms with E-state index in [2.05, 4.69) is 20.3 Å². The largest absolute Gasteiger partial charge is 0.379 e. The predicted octanol–water partition coefficient (Wildman–Crippen LogP) is 1.95. The number of hydrogen-bond donors (Lipinski definition) is 2. The highest BCUT2D eigenvalue weighted by atomic mass is 16.5. The van der Waals surface area contributed by atoms with Crippen molar-refractivity contribution in [3.63, 3.8) is 0 Å². The molecule has 1 saturated heterocycles. The summed E-state index contributed by atoms with van der Waals surface area (Å²) in [5, 5.41) is 3.56. The van der Waals surface area contributed by atoms with Crippen molar-refractivity contribution in [2.24, 2.45) is 0 Å². The van der Waals surface area contributed by atoms with Gasteiger partial charge in [0, 0.05) is 37.9 Å². The van der Waals surface area contributed by atoms with Gasteiger partial charge in [0.25, 0.3) is 5.91 Å². The molecule has 1 amide bonds. The summed E-state index contributed by atoms with van der Waals surface area (Å²) < 4.78 is 5.58. The van der Waals surface area contributed by atoms with Crippen molar-refractivity contribution in [1.82, 2.24) is 19.9 Å². The predicted molar refractivity (Wildman–Crippen MR) is 98.3 cm³/mol. The summed E-state index contributed by atoms with van der Waals surface area (Å²) >= 11 is 0. The number of H-pyrrole nitrogens is 1. The first-order valence-corrected chi connectivity index (χ1v) is 9.34. The van der Waals surface area contributed by atoms with Crippen molar-refractivity contribution in [2.75, 3.05) is 31.6 Å². The van der Waals surface area contributed by atoms with Gasteiger partial charge in [-0.3, -0.25) is 4.79 Å². The van der Waals surface area contributed by atoms with Gasteiger partial charge in [-0.05, 0) is 38.3 Å². The van der Waals surface area contributed by atoms with Gasteiger partial charge in [-0.2, -0.15) is 0 Å². The van der Waals surface area contributed by atoms with Crippen LogP contribution in [0.5, 0.6) is 0 Å². The van der Waals surface area contributed by atoms with Crippen molar-refractivity contribution in [2.45, 2.75) is 38.6 Å². The third kappa shape index (κ3) is 3.58. The van der Waals surface area contributed by atoms with Crippen LogP contribution in [0.15, 0.2) is 18.3 Å². The number of ether oxygens (including phenoxy) is 1. The zero-order valence-electron chi connectivity index (χ0n) is 15.1. The summed E-state index contributed by atoms with van der Waals surface area (Å²) in [4.78, 5) is 26.9. The molecule has 26 heavy (non-hydrogen) atoms. The van der Waals surface area contributed by atoms with Crippen LogP contribution in [-0.2, 0) is 17.6 Å². The second kappa shape index (κ2) is 7.45. The number of nitrogens with zero attached hydrogens (tertiary/aromatic N) is 3. The minimum atomic E-state index is 0.0441. The van der Waals surface area contributed by atoms with E-state index >= 15 is 0 Å². The van der Waals surface area contributed by atoms with Crippen molar-refractivity contribution >= 4 is 11.7 Å². The number of carbonyl (C=O) groups is 1. The van der Waals surface area contributed by atoms with Crippen LogP contribution in [0.3, 0.4) is 0 Å². The molecule has 4 rings (SSSR count). The van der Waals surface area contributed by atoms with Gasteiger partial charge in [-0.25, -0.2) is 9.97 Å². The van der Waals surface area contributed by atoms with Gasteiger partial charge in [0.1, 0.15) is 17.3 Å². The van der Waals surface area contributed by atoms with E-state index in [9.17, 15) is 4.79 Å². The molecule has 0 saturated carbocycles. The highest BCUT2D eigenvalue weighted by Crippen LogP contribution is 2.24. The number of amides is 1. The van der Waals surface area contributed by atoms with Gasteiger partial charge >= 0.3 is 0 Å². The van der Waals surface area contributed by atoms with E-state index in [-0.39, 0.29) is 5.91 Å². The van der Waals surface area contributed by atoms with Gasteiger partial charge in [0.05, 0.1) is 18.3 Å². The van der Waals surface area contributed by atoms with Gasteiger partial charge in [-0.1, -0.05) is 0 Å². The third-order valence-electron chi connectivity index (χ3n) is 5.07. The Kier molecular flexibility index (Phi) is 4.88. The molecule has 2 aliphatic heterocycles. The average molecular weight is 355 g/mol. The number of rotatable bonds is 3. The second-order valence-corrected chi connectivity index (χ2v) is 6.98. The maximum absolute atomic E-state index is 12.7. The zero-order chi connectivity index (χ0) is 17.9. The van der Waals surface area contributed by atoms with Crippen LogP contribution in [-0.4, -0.2) is 58.1 Å². The smallest absolute Gasteiger partial charge is 0.270 e. The lowest BCUT2D eigenvalue weighted by molar-refractivity contribution is 0.0758. The molecule has 4 heterocycles. The van der Waals surface area contributed by atoms with Crippen LogP contribution < -0.4 is 5.32 Å². The van der Waals surface area contributed by atoms with E-state index < -0.39 is 0 Å². The first-order chi connectivity index (χ1) is 12.7. The summed E-state index contributed by atoms with van der Waals surface area (Å²) in [6, 6.07) is 3.96. The fraction of sp³-hybridized carbons (Fsp3) is 0.526. The molecule has 1 atom stereocenters. The quantitative estimate of drug-likeness (QED) is 0.879. The van der Waals surface area contributed by atoms with Gasteiger partial charge in [0.2, 0.25) is 0 Å². The molecule has 2 aromatic rings. The maximum Gasteiger partial charge on any atom is 0.270 e. The monoisotopic (exact) mass is 355 g/mol. The first-order valence-electron chi connectivity index (χ1n) is 9.34. The SMILES string of the molecule is Cc1nc2c(c(N[C@@H]3CCCOC3)n1)CCN(C(=O)c1ccc[nH]1)CC2. The first kappa shape index (κ1) is 17.0. The molecular weight excluding hydrogens is 330 g/mol. The minimum absolute atomic E-state index is 0.0441. The molecule has 7 nitrogen and oxygen atoms in total. The average Bonchev–Trinajstić information content (AvgIpc) is 3.10. The van der Waals surface area contributed by atoms with E-state index in [0.29, 0.717) is 24.8 Å². The second-order valence-electron chi connectivity index (χ2n) is 6.98. The molecular formula is C19H25N5O2. The van der Waals surface area contributed by atoms with Crippen LogP contribution >= 0.6 is 0 Å². The van der Waals surface area contributed by atoms with Crippen molar-refractivity contribution in [1.29, 1.82) is 0 Å². The molecule has 7 heteroatoms. The van der Waals surface area contributed by atoms with Gasteiger partial charge in [0.15, 0.2) is 0 Å². The number of nitrogens with one attached hydrogen (secondary N) is 2. The Balaban J connectivity index is 1.53. The molecule has 2 aliphatic rings. The number of fused-ring (bicyclic) bond motifs is 1. The molecule has 0 radical (unpaired) electrons. The Hall–Kier alpha value is -2.41. The number of hydrogen-bond acceptors (Lipinski definition) is 5. The summed E-state index contributed by atoms with van der Waals surface area (Å²) in [5.41, 5.74) is 2.83. The lowest BCUT2D eigenvalue weighted by atomic mass is 10.1. The molecule has 0 unspecified atom stereocenters. The van der Waals surface area contributed by atoms with Crippen LogP contribution in [0.25, 0.3) is 0 Å². The summed E-state index contributed by atoms with van der Waals surface area (Å²) in [5.74, 6) is 1.73. The number of carbonyl (C=O) groups excluding carboxylic acids is 1. The molecule has 1 fully saturated rings. The summed E-state index contributed by atoms with van der Waals surface area (Å²) in [7, 11) is 0. The summed E-state index contributed by atoms with van der Waals surface area (Å²) in [6.07, 6.45) is 5.46. The standard InChI is InChI=1S/C19H25N5O2/c1-13-21-16-7-10-24(19(25)17-5-2-8-20-17)9-6-15(16)18(22-13)23-14-4-3-11-26-12-14/h2,5,8,14,20H,3-4,6-7,9-12H2,1H3,(H,21,22,23)/t14-/m1/s1. The fourth-order valence-electron chi connectivity index (χ4n) is 3.73. The Morgan fingerprint density at radius 2 is 2.23 bits per heavy atom. The highest BCUT2D eigenvalue weighted by molar-refractivity contribution is 5.92. The third-order valence-corrected chi connectivity index (χ3v) is 5.07. The number of aromatic nitrogens is 3. The van der Waals surface area contributed by atoms with E-state index in [0.717, 1.165) is 61.8 Å². The van der Waals surface area contributed by atoms with E-state index in [1.807, 2.05) is 24.0 Å². The number of anilines is 1. The van der Waals surface area contributed by atoms with Crippen molar-refractivity contribution in [3.8, 4) is 0 Å². The van der Waals surface area contributed by atoms with Gasteiger partial charge in [-0.15, -0.1) is 0 Å². The number of aryl methyl sites for hydroxylation is 1. The topological polar surface area (TPSA) is 83.1 Å². The molecule has 2 aromatic heterocycles. The molecule has 0 spiro atoms. The Labute approximate surface area is 153 Å². The Morgan fingerprint density at radius 1 is 1.35 bits per heavy atom. The van der Waals surface area contributed by atoms with E-state index in [1.54, 1.807) is 6.20 Å². The lowest BCUT2D eigenvalue weighted by Crippen LogP contribution is -2.33. The number of aromatic amines is 1. The van der Waals surface area contributed by atoms with E-state index in [1.165, 1.54) is 0 Å².